The Morgan fingerprint density at radius 3 is 1.61 bits per heavy atom. The zero-order valence-electron chi connectivity index (χ0n) is 33.1. The summed E-state index contributed by atoms with van der Waals surface area (Å²) >= 11 is 0. The summed E-state index contributed by atoms with van der Waals surface area (Å²) in [4.78, 5) is 15.8. The molecule has 0 aliphatic heterocycles. The van der Waals surface area contributed by atoms with Gasteiger partial charge in [-0.1, -0.05) is 182 Å². The molecule has 2 heterocycles. The Balaban J connectivity index is 1.17. The highest BCUT2D eigenvalue weighted by molar-refractivity contribution is 6.23. The fraction of sp³-hybridized carbons (Fsp3) is 0. The summed E-state index contributed by atoms with van der Waals surface area (Å²) in [5.74, 6) is 1.87. The van der Waals surface area contributed by atoms with Crippen LogP contribution in [0.3, 0.4) is 0 Å². The highest BCUT2D eigenvalue weighted by Crippen LogP contribution is 2.43. The second kappa shape index (κ2) is 14.3. The molecule has 0 unspecified atom stereocenters. The van der Waals surface area contributed by atoms with E-state index >= 15 is 0 Å². The maximum absolute atomic E-state index is 5.37. The van der Waals surface area contributed by atoms with Gasteiger partial charge in [0.05, 0.1) is 11.0 Å². The van der Waals surface area contributed by atoms with E-state index in [0.717, 1.165) is 66.4 Å². The average molecular weight is 777 g/mol. The molecule has 284 valence electrons. The van der Waals surface area contributed by atoms with Crippen molar-refractivity contribution in [2.24, 2.45) is 0 Å². The van der Waals surface area contributed by atoms with Crippen molar-refractivity contribution in [3.05, 3.63) is 218 Å². The lowest BCUT2D eigenvalue weighted by molar-refractivity contribution is 1.08. The number of hydrogen-bond donors (Lipinski definition) is 0. The third-order valence-electron chi connectivity index (χ3n) is 12.0. The predicted molar refractivity (Wildman–Crippen MR) is 254 cm³/mol. The quantitative estimate of drug-likeness (QED) is 0.169. The molecule has 0 saturated carbocycles. The molecule has 0 bridgehead atoms. The van der Waals surface area contributed by atoms with E-state index < -0.39 is 0 Å². The van der Waals surface area contributed by atoms with Gasteiger partial charge in [0.2, 0.25) is 0 Å². The fourth-order valence-corrected chi connectivity index (χ4v) is 9.18. The smallest absolute Gasteiger partial charge is 0.164 e. The number of aromatic nitrogens is 4. The first kappa shape index (κ1) is 34.8. The first-order chi connectivity index (χ1) is 30.2. The standard InChI is InChI=1S/C57H36N4/c1-3-16-37(17-4-1)44-25-13-14-28-47(44)50-36-43(61-52-33-30-39-19-10-12-27-46(39)54(52)51-34-41-22-7-8-23-42(41)35-53(51)61)31-32-49(50)57-59-55(40-20-5-2-6-21-40)58-56(60-57)48-29-15-24-38-18-9-11-26-45(38)48/h1-36H. The summed E-state index contributed by atoms with van der Waals surface area (Å²) in [7, 11) is 0. The number of benzene rings is 10. The first-order valence-corrected chi connectivity index (χ1v) is 20.7. The van der Waals surface area contributed by atoms with Gasteiger partial charge in [-0.25, -0.2) is 15.0 Å². The van der Waals surface area contributed by atoms with E-state index in [-0.39, 0.29) is 0 Å². The second-order valence-electron chi connectivity index (χ2n) is 15.6. The number of fused-ring (bicyclic) bond motifs is 7. The van der Waals surface area contributed by atoms with Gasteiger partial charge < -0.3 is 4.57 Å². The van der Waals surface area contributed by atoms with Crippen LogP contribution in [0.4, 0.5) is 0 Å². The van der Waals surface area contributed by atoms with Crippen molar-refractivity contribution in [2.45, 2.75) is 0 Å². The average Bonchev–Trinajstić information content (AvgIpc) is 3.66. The number of nitrogens with zero attached hydrogens (tertiary/aromatic N) is 4. The maximum atomic E-state index is 5.37. The molecule has 0 aliphatic rings. The molecule has 2 aromatic heterocycles. The van der Waals surface area contributed by atoms with Crippen LogP contribution in [0, 0.1) is 0 Å². The Hall–Kier alpha value is -8.21. The van der Waals surface area contributed by atoms with Crippen LogP contribution in [0.25, 0.3) is 116 Å². The molecule has 4 heteroatoms. The Labute approximate surface area is 352 Å². The van der Waals surface area contributed by atoms with Crippen LogP contribution in [-0.2, 0) is 0 Å². The summed E-state index contributed by atoms with van der Waals surface area (Å²) in [5, 5.41) is 9.60. The van der Waals surface area contributed by atoms with Crippen LogP contribution >= 0.6 is 0 Å². The van der Waals surface area contributed by atoms with Gasteiger partial charge in [-0.05, 0) is 91.0 Å². The van der Waals surface area contributed by atoms with Crippen LogP contribution in [0.15, 0.2) is 218 Å². The molecule has 61 heavy (non-hydrogen) atoms. The summed E-state index contributed by atoms with van der Waals surface area (Å²) in [6, 6.07) is 77.7. The first-order valence-electron chi connectivity index (χ1n) is 20.7. The van der Waals surface area contributed by atoms with Crippen molar-refractivity contribution in [3.8, 4) is 62.1 Å². The molecule has 12 rings (SSSR count). The highest BCUT2D eigenvalue weighted by atomic mass is 15.0. The van der Waals surface area contributed by atoms with E-state index in [1.807, 2.05) is 18.2 Å². The van der Waals surface area contributed by atoms with Crippen LogP contribution in [0.2, 0.25) is 0 Å². The zero-order valence-corrected chi connectivity index (χ0v) is 33.1. The maximum Gasteiger partial charge on any atom is 0.164 e. The molecule has 12 aromatic rings. The Morgan fingerprint density at radius 2 is 0.836 bits per heavy atom. The molecule has 0 atom stereocenters. The van der Waals surface area contributed by atoms with Crippen LogP contribution in [0.1, 0.15) is 0 Å². The lowest BCUT2D eigenvalue weighted by Crippen LogP contribution is -2.03. The van der Waals surface area contributed by atoms with Crippen LogP contribution in [0.5, 0.6) is 0 Å². The lowest BCUT2D eigenvalue weighted by Gasteiger charge is -2.18. The van der Waals surface area contributed by atoms with Crippen molar-refractivity contribution in [2.75, 3.05) is 0 Å². The molecule has 0 radical (unpaired) electrons. The molecule has 0 fully saturated rings. The topological polar surface area (TPSA) is 43.6 Å². The van der Waals surface area contributed by atoms with Gasteiger partial charge in [0.15, 0.2) is 17.5 Å². The van der Waals surface area contributed by atoms with Crippen molar-refractivity contribution in [1.29, 1.82) is 0 Å². The highest BCUT2D eigenvalue weighted by Gasteiger charge is 2.22. The van der Waals surface area contributed by atoms with Gasteiger partial charge in [-0.15, -0.1) is 0 Å². The monoisotopic (exact) mass is 776 g/mol. The number of rotatable bonds is 6. The van der Waals surface area contributed by atoms with E-state index in [9.17, 15) is 0 Å². The van der Waals surface area contributed by atoms with Crippen molar-refractivity contribution in [1.82, 2.24) is 19.5 Å². The second-order valence-corrected chi connectivity index (χ2v) is 15.6. The van der Waals surface area contributed by atoms with Crippen molar-refractivity contribution >= 4 is 54.1 Å². The normalized spacial score (nSPS) is 11.6. The Morgan fingerprint density at radius 1 is 0.279 bits per heavy atom. The minimum Gasteiger partial charge on any atom is -0.309 e. The Kier molecular flexibility index (Phi) is 8.13. The Bertz CT molecular complexity index is 3640. The van der Waals surface area contributed by atoms with Crippen molar-refractivity contribution < 1.29 is 0 Å². The van der Waals surface area contributed by atoms with Gasteiger partial charge in [0, 0.05) is 33.2 Å². The fourth-order valence-electron chi connectivity index (χ4n) is 9.18. The summed E-state index contributed by atoms with van der Waals surface area (Å²) in [6.45, 7) is 0. The van der Waals surface area contributed by atoms with Crippen LogP contribution in [-0.4, -0.2) is 19.5 Å². The van der Waals surface area contributed by atoms with Gasteiger partial charge >= 0.3 is 0 Å². The molecular formula is C57H36N4. The lowest BCUT2D eigenvalue weighted by atomic mass is 9.91. The molecular weight excluding hydrogens is 741 g/mol. The summed E-state index contributed by atoms with van der Waals surface area (Å²) < 4.78 is 2.44. The van der Waals surface area contributed by atoms with E-state index in [1.54, 1.807) is 0 Å². The molecule has 0 saturated heterocycles. The third-order valence-corrected chi connectivity index (χ3v) is 12.0. The van der Waals surface area contributed by atoms with Gasteiger partial charge in [0.1, 0.15) is 0 Å². The summed E-state index contributed by atoms with van der Waals surface area (Å²) in [6.07, 6.45) is 0. The van der Waals surface area contributed by atoms with E-state index in [2.05, 4.69) is 205 Å². The minimum absolute atomic E-state index is 0.611. The molecule has 0 N–H and O–H groups in total. The molecule has 0 spiro atoms. The van der Waals surface area contributed by atoms with Crippen molar-refractivity contribution in [3.63, 3.8) is 0 Å². The van der Waals surface area contributed by atoms with Gasteiger partial charge in [0.25, 0.3) is 0 Å². The number of hydrogen-bond acceptors (Lipinski definition) is 3. The van der Waals surface area contributed by atoms with Crippen LogP contribution < -0.4 is 0 Å². The third kappa shape index (κ3) is 5.88. The van der Waals surface area contributed by atoms with Gasteiger partial charge in [-0.3, -0.25) is 0 Å². The minimum atomic E-state index is 0.611. The SMILES string of the molecule is c1ccc(-c2nc(-c3ccc(-n4c5cc6ccccc6cc5c5c6ccccc6ccc54)cc3-c3ccccc3-c3ccccc3)nc(-c3cccc4ccccc34)n2)cc1. The van der Waals surface area contributed by atoms with E-state index in [1.165, 1.54) is 32.3 Å². The predicted octanol–water partition coefficient (Wildman–Crippen LogP) is 14.8. The van der Waals surface area contributed by atoms with Gasteiger partial charge in [-0.2, -0.15) is 0 Å². The van der Waals surface area contributed by atoms with E-state index in [0.29, 0.717) is 17.5 Å². The zero-order chi connectivity index (χ0) is 40.3. The van der Waals surface area contributed by atoms with E-state index in [4.69, 9.17) is 15.0 Å². The molecule has 0 aliphatic carbocycles. The molecule has 0 amide bonds. The molecule has 10 aromatic carbocycles. The summed E-state index contributed by atoms with van der Waals surface area (Å²) in [5.41, 5.74) is 10.6. The molecule has 4 nitrogen and oxygen atoms in total. The largest absolute Gasteiger partial charge is 0.309 e.